The van der Waals surface area contributed by atoms with Crippen LogP contribution < -0.4 is 4.90 Å². The Labute approximate surface area is 121 Å². The van der Waals surface area contributed by atoms with Crippen LogP contribution in [0.3, 0.4) is 0 Å². The molecule has 1 rings (SSSR count). The molecule has 1 aromatic rings. The molecule has 1 aromatic heterocycles. The molecule has 0 aliphatic rings. The molecule has 1 unspecified atom stereocenters. The molecule has 0 saturated heterocycles. The normalized spacial score (nSPS) is 12.9. The van der Waals surface area contributed by atoms with Gasteiger partial charge in [0, 0.05) is 25.4 Å². The summed E-state index contributed by atoms with van der Waals surface area (Å²) in [5, 5.41) is 8.63. The largest absolute Gasteiger partial charge is 0.478 e. The number of nitrogens with zero attached hydrogens (tertiary/aromatic N) is 2. The van der Waals surface area contributed by atoms with Crippen molar-refractivity contribution in [3.05, 3.63) is 29.5 Å². The maximum Gasteiger partial charge on any atom is 0.328 e. The van der Waals surface area contributed by atoms with Gasteiger partial charge in [-0.2, -0.15) is 0 Å². The number of carbonyl (C=O) groups is 1. The second-order valence-corrected chi connectivity index (χ2v) is 5.67. The minimum atomic E-state index is -0.950. The van der Waals surface area contributed by atoms with E-state index in [-0.39, 0.29) is 0 Å². The van der Waals surface area contributed by atoms with Crippen LogP contribution in [0.4, 0.5) is 5.82 Å². The van der Waals surface area contributed by atoms with E-state index in [2.05, 4.69) is 37.7 Å². The number of carboxylic acid groups (broad SMARTS) is 1. The number of aryl methyl sites for hydroxylation is 1. The van der Waals surface area contributed by atoms with Crippen molar-refractivity contribution in [2.24, 2.45) is 5.92 Å². The Morgan fingerprint density at radius 2 is 2.10 bits per heavy atom. The Morgan fingerprint density at radius 3 is 2.60 bits per heavy atom. The van der Waals surface area contributed by atoms with Gasteiger partial charge < -0.3 is 10.0 Å². The lowest BCUT2D eigenvalue weighted by Crippen LogP contribution is -2.31. The lowest BCUT2D eigenvalue weighted by Gasteiger charge is -2.28. The minimum absolute atomic E-state index is 0.418. The first-order valence-corrected chi connectivity index (χ1v) is 6.91. The molecule has 0 amide bonds. The Hall–Kier alpha value is -1.84. The number of carboxylic acids is 1. The highest BCUT2D eigenvalue weighted by Gasteiger charge is 2.14. The number of pyridine rings is 1. The van der Waals surface area contributed by atoms with E-state index in [0.29, 0.717) is 12.0 Å². The molecule has 0 aromatic carbocycles. The summed E-state index contributed by atoms with van der Waals surface area (Å²) in [4.78, 5) is 17.2. The van der Waals surface area contributed by atoms with Crippen molar-refractivity contribution in [3.63, 3.8) is 0 Å². The molecule has 20 heavy (non-hydrogen) atoms. The summed E-state index contributed by atoms with van der Waals surface area (Å²) in [5.41, 5.74) is 1.86. The van der Waals surface area contributed by atoms with E-state index < -0.39 is 5.97 Å². The highest BCUT2D eigenvalue weighted by Crippen LogP contribution is 2.21. The fourth-order valence-corrected chi connectivity index (χ4v) is 2.27. The Kier molecular flexibility index (Phi) is 5.74. The third kappa shape index (κ3) is 4.68. The van der Waals surface area contributed by atoms with Crippen molar-refractivity contribution in [3.8, 4) is 0 Å². The van der Waals surface area contributed by atoms with Crippen LogP contribution >= 0.6 is 0 Å². The zero-order valence-electron chi connectivity index (χ0n) is 12.9. The van der Waals surface area contributed by atoms with Crippen molar-refractivity contribution in [2.45, 2.75) is 40.2 Å². The zero-order valence-corrected chi connectivity index (χ0v) is 12.9. The van der Waals surface area contributed by atoms with Gasteiger partial charge in [-0.15, -0.1) is 0 Å². The van der Waals surface area contributed by atoms with E-state index in [1.165, 1.54) is 0 Å². The van der Waals surface area contributed by atoms with Crippen LogP contribution in [0, 0.1) is 12.8 Å². The first-order valence-electron chi connectivity index (χ1n) is 6.91. The third-order valence-corrected chi connectivity index (χ3v) is 3.30. The zero-order chi connectivity index (χ0) is 15.3. The molecule has 0 aliphatic heterocycles. The molecular weight excluding hydrogens is 252 g/mol. The van der Waals surface area contributed by atoms with Gasteiger partial charge in [-0.1, -0.05) is 13.8 Å². The van der Waals surface area contributed by atoms with Gasteiger partial charge in [0.25, 0.3) is 0 Å². The van der Waals surface area contributed by atoms with Crippen LogP contribution in [0.1, 0.15) is 38.3 Å². The van der Waals surface area contributed by atoms with E-state index in [1.807, 2.05) is 13.0 Å². The highest BCUT2D eigenvalue weighted by molar-refractivity contribution is 5.85. The monoisotopic (exact) mass is 276 g/mol. The van der Waals surface area contributed by atoms with Gasteiger partial charge in [0.15, 0.2) is 0 Å². The average molecular weight is 276 g/mol. The predicted octanol–water partition coefficient (Wildman–Crippen LogP) is 3.36. The second-order valence-electron chi connectivity index (χ2n) is 5.67. The first-order chi connectivity index (χ1) is 9.31. The average Bonchev–Trinajstić information content (AvgIpc) is 2.34. The molecule has 1 N–H and O–H groups in total. The predicted molar refractivity (Wildman–Crippen MR) is 83.0 cm³/mol. The maximum atomic E-state index is 10.5. The van der Waals surface area contributed by atoms with Gasteiger partial charge >= 0.3 is 5.97 Å². The van der Waals surface area contributed by atoms with Gasteiger partial charge in [0.1, 0.15) is 5.82 Å². The van der Waals surface area contributed by atoms with Gasteiger partial charge in [0.05, 0.1) is 0 Å². The van der Waals surface area contributed by atoms with Crippen molar-refractivity contribution in [1.82, 2.24) is 4.98 Å². The topological polar surface area (TPSA) is 53.4 Å². The summed E-state index contributed by atoms with van der Waals surface area (Å²) in [6, 6.07) is 2.38. The quantitative estimate of drug-likeness (QED) is 0.809. The Morgan fingerprint density at radius 1 is 1.45 bits per heavy atom. The van der Waals surface area contributed by atoms with E-state index >= 15 is 0 Å². The van der Waals surface area contributed by atoms with Crippen molar-refractivity contribution < 1.29 is 9.90 Å². The van der Waals surface area contributed by atoms with E-state index in [9.17, 15) is 4.79 Å². The maximum absolute atomic E-state index is 10.5. The smallest absolute Gasteiger partial charge is 0.328 e. The lowest BCUT2D eigenvalue weighted by molar-refractivity contribution is -0.131. The van der Waals surface area contributed by atoms with E-state index in [1.54, 1.807) is 12.3 Å². The van der Waals surface area contributed by atoms with Crippen LogP contribution in [0.2, 0.25) is 0 Å². The molecule has 110 valence electrons. The Bertz CT molecular complexity index is 495. The molecule has 0 saturated carbocycles. The summed E-state index contributed by atoms with van der Waals surface area (Å²) in [6.45, 7) is 8.62. The number of anilines is 1. The highest BCUT2D eigenvalue weighted by atomic mass is 16.4. The fraction of sp³-hybridized carbons (Fsp3) is 0.500. The summed E-state index contributed by atoms with van der Waals surface area (Å²) in [6.07, 6.45) is 5.50. The molecular formula is C16H24N2O2. The van der Waals surface area contributed by atoms with Gasteiger partial charge in [0.2, 0.25) is 0 Å². The number of aromatic nitrogens is 1. The molecule has 4 nitrogen and oxygen atoms in total. The SMILES string of the molecule is Cc1cc(/C=C/C(=O)O)cnc1N(C)C(C)CC(C)C. The number of aliphatic carboxylic acids is 1. The van der Waals surface area contributed by atoms with Crippen LogP contribution in [0.25, 0.3) is 6.08 Å². The summed E-state index contributed by atoms with van der Waals surface area (Å²) < 4.78 is 0. The molecule has 1 heterocycles. The van der Waals surface area contributed by atoms with Crippen molar-refractivity contribution in [2.75, 3.05) is 11.9 Å². The summed E-state index contributed by atoms with van der Waals surface area (Å²) >= 11 is 0. The van der Waals surface area contributed by atoms with Crippen LogP contribution in [0.5, 0.6) is 0 Å². The molecule has 0 radical (unpaired) electrons. The van der Waals surface area contributed by atoms with Gasteiger partial charge in [-0.05, 0) is 49.5 Å². The van der Waals surface area contributed by atoms with Crippen LogP contribution in [-0.2, 0) is 4.79 Å². The molecule has 0 aliphatic carbocycles. The van der Waals surface area contributed by atoms with Gasteiger partial charge in [-0.25, -0.2) is 9.78 Å². The lowest BCUT2D eigenvalue weighted by atomic mass is 10.0. The minimum Gasteiger partial charge on any atom is -0.478 e. The van der Waals surface area contributed by atoms with Crippen LogP contribution in [0.15, 0.2) is 18.3 Å². The van der Waals surface area contributed by atoms with Crippen LogP contribution in [-0.4, -0.2) is 29.1 Å². The van der Waals surface area contributed by atoms with E-state index in [4.69, 9.17) is 5.11 Å². The van der Waals surface area contributed by atoms with Crippen molar-refractivity contribution >= 4 is 17.9 Å². The third-order valence-electron chi connectivity index (χ3n) is 3.30. The van der Waals surface area contributed by atoms with Gasteiger partial charge in [-0.3, -0.25) is 0 Å². The fourth-order valence-electron chi connectivity index (χ4n) is 2.27. The molecule has 4 heteroatoms. The number of hydrogen-bond acceptors (Lipinski definition) is 3. The second kappa shape index (κ2) is 7.08. The Balaban J connectivity index is 2.89. The standard InChI is InChI=1S/C16H24N2O2/c1-11(2)8-13(4)18(5)16-12(3)9-14(10-17-16)6-7-15(19)20/h6-7,9-11,13H,8H2,1-5H3,(H,19,20)/b7-6+. The number of hydrogen-bond donors (Lipinski definition) is 1. The van der Waals surface area contributed by atoms with E-state index in [0.717, 1.165) is 29.4 Å². The summed E-state index contributed by atoms with van der Waals surface area (Å²) in [5.74, 6) is 0.644. The molecule has 0 bridgehead atoms. The number of rotatable bonds is 6. The summed E-state index contributed by atoms with van der Waals surface area (Å²) in [7, 11) is 2.05. The first kappa shape index (κ1) is 16.2. The molecule has 0 spiro atoms. The van der Waals surface area contributed by atoms with Crippen molar-refractivity contribution in [1.29, 1.82) is 0 Å². The molecule has 1 atom stereocenters. The molecule has 0 fully saturated rings.